The standard InChI is InChI=1S/C50H43Br4N5O10/c1-64-47-38(53)20-33-16-18-56-50(61)41(58-67-29-32-11-7-4-8-12-32)26-35-25-37(52)44(27-42(35)59(62)63)69-46-24-34(21-39(54)48(46)65-2)22-40(57-66-28-31-9-5-3-6-10-31)49(60)55-17-15-30-13-14-43(36(51)19-30)68-45(47)23-33/h3-14,19-21,23-25,27H,15-18,22,26,28-29H2,1-2H3,(H,55,60)(H,56,61)/b57-40+,58-41-. The van der Waals surface area contributed by atoms with E-state index in [1.165, 1.54) is 26.4 Å². The van der Waals surface area contributed by atoms with Crippen LogP contribution in [0.3, 0.4) is 0 Å². The fraction of sp³-hybridized carbons (Fsp3) is 0.200. The maximum absolute atomic E-state index is 14.0. The lowest BCUT2D eigenvalue weighted by Crippen LogP contribution is -2.34. The average molecular weight is 1190 g/mol. The molecule has 4 aliphatic rings. The van der Waals surface area contributed by atoms with Gasteiger partial charge in [-0.2, -0.15) is 0 Å². The molecule has 10 rings (SSSR count). The molecule has 0 unspecified atom stereocenters. The number of amides is 2. The van der Waals surface area contributed by atoms with Gasteiger partial charge >= 0.3 is 0 Å². The summed E-state index contributed by atoms with van der Waals surface area (Å²) in [6.45, 7) is 0.592. The lowest BCUT2D eigenvalue weighted by molar-refractivity contribution is -0.385. The third-order valence-electron chi connectivity index (χ3n) is 10.5. The molecule has 15 nitrogen and oxygen atoms in total. The molecule has 8 bridgehead atoms. The Hall–Kier alpha value is -6.28. The summed E-state index contributed by atoms with van der Waals surface area (Å²) in [6, 6.07) is 34.1. The van der Waals surface area contributed by atoms with Crippen LogP contribution in [-0.2, 0) is 58.2 Å². The SMILES string of the molecule is COc1c(Br)cc2cc1Oc1ccc(cc1Br)CCNC(=O)/C(=N/OCc1ccccc1)Cc1cc(Br)c(OC)c(c1)Oc1cc([N+](=O)[O-])c(cc1Br)C/C(=N/OCc1ccccc1)C(=O)NCC2. The lowest BCUT2D eigenvalue weighted by Gasteiger charge is -2.17. The Morgan fingerprint density at radius 3 is 1.62 bits per heavy atom. The maximum Gasteiger partial charge on any atom is 0.276 e. The summed E-state index contributed by atoms with van der Waals surface area (Å²) < 4.78 is 26.2. The summed E-state index contributed by atoms with van der Waals surface area (Å²) in [7, 11) is 2.99. The molecule has 356 valence electrons. The van der Waals surface area contributed by atoms with Crippen LogP contribution in [0.4, 0.5) is 5.69 Å². The normalized spacial score (nSPS) is 14.7. The largest absolute Gasteiger partial charge is 0.492 e. The Morgan fingerprint density at radius 1 is 0.580 bits per heavy atom. The van der Waals surface area contributed by atoms with Crippen molar-refractivity contribution in [1.29, 1.82) is 0 Å². The number of rotatable bonds is 9. The van der Waals surface area contributed by atoms with Gasteiger partial charge in [0.15, 0.2) is 23.0 Å². The molecule has 4 heterocycles. The Morgan fingerprint density at radius 2 is 1.07 bits per heavy atom. The van der Waals surface area contributed by atoms with E-state index in [-0.39, 0.29) is 79.1 Å². The number of nitro benzene ring substituents is 1. The highest BCUT2D eigenvalue weighted by atomic mass is 79.9. The molecular weight excluding hydrogens is 1150 g/mol. The summed E-state index contributed by atoms with van der Waals surface area (Å²) in [4.78, 5) is 51.4. The number of ether oxygens (including phenoxy) is 4. The van der Waals surface area contributed by atoms with Crippen molar-refractivity contribution in [2.24, 2.45) is 10.3 Å². The summed E-state index contributed by atoms with van der Waals surface area (Å²) in [5, 5.41) is 27.1. The van der Waals surface area contributed by atoms with Crippen LogP contribution >= 0.6 is 63.7 Å². The van der Waals surface area contributed by atoms with Crippen LogP contribution < -0.4 is 29.6 Å². The minimum atomic E-state index is -0.594. The first-order valence-corrected chi connectivity index (χ1v) is 24.4. The molecule has 6 aromatic carbocycles. The van der Waals surface area contributed by atoms with Crippen molar-refractivity contribution < 1.29 is 43.1 Å². The molecule has 4 aliphatic heterocycles. The quantitative estimate of drug-likeness (QED) is 0.104. The number of hydrogen-bond acceptors (Lipinski definition) is 12. The molecule has 2 amide bonds. The fourth-order valence-electron chi connectivity index (χ4n) is 7.08. The van der Waals surface area contributed by atoms with E-state index in [0.29, 0.717) is 53.5 Å². The van der Waals surface area contributed by atoms with Crippen molar-refractivity contribution in [3.05, 3.63) is 177 Å². The maximum atomic E-state index is 14.0. The number of halogens is 4. The number of nitro groups is 1. The molecule has 69 heavy (non-hydrogen) atoms. The van der Waals surface area contributed by atoms with Crippen LogP contribution in [-0.4, -0.2) is 55.5 Å². The highest BCUT2D eigenvalue weighted by Crippen LogP contribution is 2.44. The molecule has 0 saturated carbocycles. The predicted molar refractivity (Wildman–Crippen MR) is 275 cm³/mol. The number of hydrogen-bond donors (Lipinski definition) is 2. The van der Waals surface area contributed by atoms with Gasteiger partial charge < -0.3 is 39.3 Å². The van der Waals surface area contributed by atoms with E-state index >= 15 is 0 Å². The van der Waals surface area contributed by atoms with Gasteiger partial charge in [-0.15, -0.1) is 0 Å². The van der Waals surface area contributed by atoms with Gasteiger partial charge in [0.1, 0.15) is 36.1 Å². The summed E-state index contributed by atoms with van der Waals surface area (Å²) in [5.74, 6) is 0.851. The van der Waals surface area contributed by atoms with Gasteiger partial charge in [0.2, 0.25) is 0 Å². The van der Waals surface area contributed by atoms with E-state index in [1.54, 1.807) is 12.1 Å². The van der Waals surface area contributed by atoms with Crippen molar-refractivity contribution >= 4 is 92.6 Å². The first-order valence-electron chi connectivity index (χ1n) is 21.2. The van der Waals surface area contributed by atoms with E-state index in [9.17, 15) is 19.7 Å². The first kappa shape index (κ1) is 50.6. The van der Waals surface area contributed by atoms with Gasteiger partial charge in [0, 0.05) is 31.5 Å². The molecule has 0 atom stereocenters. The van der Waals surface area contributed by atoms with Crippen LogP contribution in [0.1, 0.15) is 33.4 Å². The minimum Gasteiger partial charge on any atom is -0.492 e. The van der Waals surface area contributed by atoms with Crippen molar-refractivity contribution in [2.45, 2.75) is 38.9 Å². The molecule has 0 radical (unpaired) electrons. The molecule has 0 saturated heterocycles. The van der Waals surface area contributed by atoms with E-state index in [2.05, 4.69) is 84.7 Å². The second-order valence-corrected chi connectivity index (χ2v) is 18.7. The van der Waals surface area contributed by atoms with Crippen molar-refractivity contribution in [2.75, 3.05) is 27.3 Å². The monoisotopic (exact) mass is 1190 g/mol. The third kappa shape index (κ3) is 13.7. The Kier molecular flexibility index (Phi) is 17.8. The van der Waals surface area contributed by atoms with Crippen molar-refractivity contribution in [3.8, 4) is 34.5 Å². The summed E-state index contributed by atoms with van der Waals surface area (Å²) in [6.07, 6.45) is 0.542. The minimum absolute atomic E-state index is 0.00525. The van der Waals surface area contributed by atoms with Crippen LogP contribution in [0.15, 0.2) is 143 Å². The van der Waals surface area contributed by atoms with Gasteiger partial charge in [-0.25, -0.2) is 0 Å². The van der Waals surface area contributed by atoms with Gasteiger partial charge in [-0.05, 0) is 147 Å². The lowest BCUT2D eigenvalue weighted by atomic mass is 10.0. The Bertz CT molecular complexity index is 2900. The van der Waals surface area contributed by atoms with Gasteiger partial charge in [0.05, 0.1) is 43.1 Å². The van der Waals surface area contributed by atoms with E-state index in [0.717, 1.165) is 22.3 Å². The highest BCUT2D eigenvalue weighted by molar-refractivity contribution is 9.11. The molecule has 0 aromatic heterocycles. The van der Waals surface area contributed by atoms with E-state index in [4.69, 9.17) is 28.6 Å². The van der Waals surface area contributed by atoms with Gasteiger partial charge in [-0.1, -0.05) is 77.0 Å². The number of oxime groups is 2. The molecule has 2 N–H and O–H groups in total. The number of nitrogens with zero attached hydrogens (tertiary/aromatic N) is 3. The molecule has 0 spiro atoms. The van der Waals surface area contributed by atoms with Gasteiger partial charge in [-0.3, -0.25) is 19.7 Å². The van der Waals surface area contributed by atoms with Gasteiger partial charge in [0.25, 0.3) is 17.5 Å². The topological polar surface area (TPSA) is 181 Å². The molecule has 19 heteroatoms. The first-order chi connectivity index (χ1) is 33.4. The third-order valence-corrected chi connectivity index (χ3v) is 12.9. The van der Waals surface area contributed by atoms with Crippen molar-refractivity contribution in [3.63, 3.8) is 0 Å². The second-order valence-electron chi connectivity index (χ2n) is 15.3. The van der Waals surface area contributed by atoms with Crippen LogP contribution in [0.5, 0.6) is 34.5 Å². The zero-order valence-electron chi connectivity index (χ0n) is 37.1. The Labute approximate surface area is 431 Å². The zero-order chi connectivity index (χ0) is 48.9. The molecule has 0 fully saturated rings. The molecule has 0 aliphatic carbocycles. The number of methoxy groups -OCH3 is 2. The number of benzene rings is 6. The smallest absolute Gasteiger partial charge is 0.276 e. The second kappa shape index (κ2) is 24.3. The van der Waals surface area contributed by atoms with E-state index < -0.39 is 16.7 Å². The molecular formula is C50H43Br4N5O10. The summed E-state index contributed by atoms with van der Waals surface area (Å²) in [5.41, 5.74) is 3.71. The highest BCUT2D eigenvalue weighted by Gasteiger charge is 2.26. The van der Waals surface area contributed by atoms with E-state index in [1.807, 2.05) is 91.0 Å². The van der Waals surface area contributed by atoms with Crippen LogP contribution in [0, 0.1) is 10.1 Å². The number of carbonyl (C=O) groups is 2. The van der Waals surface area contributed by atoms with Crippen molar-refractivity contribution in [1.82, 2.24) is 10.6 Å². The number of carbonyl (C=O) groups excluding carboxylic acids is 2. The predicted octanol–water partition coefficient (Wildman–Crippen LogP) is 11.5. The van der Waals surface area contributed by atoms with Crippen LogP contribution in [0.2, 0.25) is 0 Å². The van der Waals surface area contributed by atoms with Crippen LogP contribution in [0.25, 0.3) is 0 Å². The molecule has 6 aromatic rings. The Balaban J connectivity index is 1.27. The fourth-order valence-corrected chi connectivity index (χ4v) is 9.36. The number of nitrogens with one attached hydrogen (secondary N) is 2. The summed E-state index contributed by atoms with van der Waals surface area (Å²) >= 11 is 14.4. The zero-order valence-corrected chi connectivity index (χ0v) is 43.4. The average Bonchev–Trinajstić information content (AvgIpc) is 3.32.